The van der Waals surface area contributed by atoms with E-state index in [1.165, 1.54) is 5.56 Å². The number of ether oxygens (including phenoxy) is 3. The molecule has 3 aromatic rings. The van der Waals surface area contributed by atoms with Crippen LogP contribution in [0.25, 0.3) is 0 Å². The number of hydrogen-bond donors (Lipinski definition) is 2. The molecule has 0 unspecified atom stereocenters. The lowest BCUT2D eigenvalue weighted by Gasteiger charge is -2.28. The van der Waals surface area contributed by atoms with Crippen molar-refractivity contribution in [3.63, 3.8) is 0 Å². The first-order valence-electron chi connectivity index (χ1n) is 14.5. The molecule has 1 fully saturated rings. The van der Waals surface area contributed by atoms with Crippen LogP contribution in [0.3, 0.4) is 0 Å². The van der Waals surface area contributed by atoms with Gasteiger partial charge in [-0.3, -0.25) is 9.59 Å². The Labute approximate surface area is 245 Å². The molecule has 42 heavy (non-hydrogen) atoms. The van der Waals surface area contributed by atoms with Crippen LogP contribution in [0.1, 0.15) is 73.5 Å². The zero-order valence-electron chi connectivity index (χ0n) is 24.0. The summed E-state index contributed by atoms with van der Waals surface area (Å²) in [6.07, 6.45) is 4.54. The van der Waals surface area contributed by atoms with Crippen molar-refractivity contribution in [1.82, 2.24) is 15.0 Å². The van der Waals surface area contributed by atoms with Crippen molar-refractivity contribution in [2.24, 2.45) is 5.92 Å². The summed E-state index contributed by atoms with van der Waals surface area (Å²) in [6.45, 7) is 4.70. The van der Waals surface area contributed by atoms with E-state index in [9.17, 15) is 9.59 Å². The van der Waals surface area contributed by atoms with Crippen molar-refractivity contribution in [2.75, 3.05) is 30.4 Å². The molecule has 1 aliphatic carbocycles. The predicted octanol–water partition coefficient (Wildman–Crippen LogP) is 4.65. The monoisotopic (exact) mass is 575 g/mol. The Morgan fingerprint density at radius 2 is 1.86 bits per heavy atom. The van der Waals surface area contributed by atoms with Crippen LogP contribution >= 0.6 is 0 Å². The van der Waals surface area contributed by atoms with Gasteiger partial charge in [0.15, 0.2) is 0 Å². The lowest BCUT2D eigenvalue weighted by Crippen LogP contribution is -2.32. The minimum absolute atomic E-state index is 0.00732. The van der Waals surface area contributed by atoms with Gasteiger partial charge in [0.2, 0.25) is 11.8 Å². The number of rotatable bonds is 10. The van der Waals surface area contributed by atoms with Crippen molar-refractivity contribution in [3.8, 4) is 17.8 Å². The van der Waals surface area contributed by atoms with E-state index >= 15 is 0 Å². The Morgan fingerprint density at radius 1 is 1.10 bits per heavy atom. The van der Waals surface area contributed by atoms with Gasteiger partial charge in [-0.2, -0.15) is 9.97 Å². The maximum atomic E-state index is 13.6. The van der Waals surface area contributed by atoms with E-state index < -0.39 is 5.97 Å². The van der Waals surface area contributed by atoms with Crippen LogP contribution in [0.5, 0.6) is 17.8 Å². The van der Waals surface area contributed by atoms with Crippen LogP contribution in [-0.2, 0) is 11.2 Å². The third-order valence-corrected chi connectivity index (χ3v) is 7.61. The minimum atomic E-state index is -0.725. The summed E-state index contributed by atoms with van der Waals surface area (Å²) < 4.78 is 17.2. The zero-order valence-corrected chi connectivity index (χ0v) is 24.0. The Kier molecular flexibility index (Phi) is 9.04. The Morgan fingerprint density at radius 3 is 2.57 bits per heavy atom. The van der Waals surface area contributed by atoms with Crippen LogP contribution in [0, 0.1) is 5.92 Å². The van der Waals surface area contributed by atoms with Gasteiger partial charge in [-0.15, -0.1) is 0 Å². The fourth-order valence-electron chi connectivity index (χ4n) is 5.55. The average Bonchev–Trinajstić information content (AvgIpc) is 3.12. The Hall–Kier alpha value is -4.41. The molecule has 5 rings (SSSR count). The molecule has 2 aromatic heterocycles. The molecule has 11 nitrogen and oxygen atoms in total. The molecule has 3 N–H and O–H groups in total. The lowest BCUT2D eigenvalue weighted by atomic mass is 9.77. The first-order chi connectivity index (χ1) is 20.3. The fourth-order valence-corrected chi connectivity index (χ4v) is 5.55. The molecule has 0 radical (unpaired) electrons. The maximum absolute atomic E-state index is 13.6. The van der Waals surface area contributed by atoms with Crippen LogP contribution in [0.2, 0.25) is 0 Å². The van der Waals surface area contributed by atoms with Gasteiger partial charge in [0, 0.05) is 30.3 Å². The summed E-state index contributed by atoms with van der Waals surface area (Å²) in [5.41, 5.74) is 9.07. The Bertz CT molecular complexity index is 1410. The van der Waals surface area contributed by atoms with Crippen molar-refractivity contribution in [1.29, 1.82) is 0 Å². The number of carbonyl (C=O) groups is 2. The maximum Gasteiger partial charge on any atom is 0.321 e. The summed E-state index contributed by atoms with van der Waals surface area (Å²) >= 11 is 0. The standard InChI is InChI=1S/C31H37N5O6/c1-19(2)42-25-5-3-4-23(33-25)14-16-41-31-34-28(32)27-29(35-31)40-17-15-36(30(27)39)24-12-10-22(11-13-24)21-8-6-20(7-9-21)18-26(37)38/h3-5,10-13,19-21H,6-9,14-18H2,1-2H3,(H,37,38)(H2,32,34,35). The quantitative estimate of drug-likeness (QED) is 0.350. The van der Waals surface area contributed by atoms with Crippen molar-refractivity contribution < 1.29 is 28.9 Å². The second-order valence-corrected chi connectivity index (χ2v) is 11.0. The summed E-state index contributed by atoms with van der Waals surface area (Å²) in [6, 6.07) is 13.6. The highest BCUT2D eigenvalue weighted by Crippen LogP contribution is 2.38. The molecule has 11 heteroatoms. The Balaban J connectivity index is 1.22. The number of benzene rings is 1. The summed E-state index contributed by atoms with van der Waals surface area (Å²) in [5, 5.41) is 9.07. The minimum Gasteiger partial charge on any atom is -0.481 e. The van der Waals surface area contributed by atoms with Gasteiger partial charge >= 0.3 is 12.0 Å². The van der Waals surface area contributed by atoms with Crippen LogP contribution in [0.15, 0.2) is 42.5 Å². The number of nitrogens with zero attached hydrogens (tertiary/aromatic N) is 4. The predicted molar refractivity (Wildman–Crippen MR) is 156 cm³/mol. The van der Waals surface area contributed by atoms with E-state index in [0.29, 0.717) is 24.8 Å². The molecule has 3 heterocycles. The molecule has 1 saturated carbocycles. The number of carboxylic acid groups (broad SMARTS) is 1. The number of carboxylic acids is 1. The summed E-state index contributed by atoms with van der Waals surface area (Å²) in [5.74, 6) is 0.238. The molecule has 0 spiro atoms. The molecular formula is C31H37N5O6. The van der Waals surface area contributed by atoms with Crippen LogP contribution < -0.4 is 24.8 Å². The van der Waals surface area contributed by atoms with E-state index in [2.05, 4.69) is 15.0 Å². The van der Waals surface area contributed by atoms with E-state index in [0.717, 1.165) is 37.1 Å². The number of pyridine rings is 1. The molecule has 0 saturated heterocycles. The highest BCUT2D eigenvalue weighted by atomic mass is 16.5. The van der Waals surface area contributed by atoms with Crippen molar-refractivity contribution in [3.05, 3.63) is 59.3 Å². The van der Waals surface area contributed by atoms with Gasteiger partial charge in [-0.05, 0) is 75.1 Å². The fraction of sp³-hybridized carbons (Fsp3) is 0.452. The molecule has 0 bridgehead atoms. The molecule has 1 aliphatic heterocycles. The van der Waals surface area contributed by atoms with Gasteiger partial charge in [-0.1, -0.05) is 18.2 Å². The number of nitrogens with two attached hydrogens (primary N) is 1. The highest BCUT2D eigenvalue weighted by Gasteiger charge is 2.30. The SMILES string of the molecule is CC(C)Oc1cccc(CCOc2nc(N)c3c(n2)OCCN(c2ccc(C4CCC(CC(=O)O)CC4)cc2)C3=O)n1. The molecule has 1 amide bonds. The third kappa shape index (κ3) is 7.07. The van der Waals surface area contributed by atoms with Gasteiger partial charge in [0.05, 0.1) is 19.3 Å². The molecule has 2 aliphatic rings. The highest BCUT2D eigenvalue weighted by molar-refractivity contribution is 6.10. The second kappa shape index (κ2) is 13.1. The molecule has 0 atom stereocenters. The van der Waals surface area contributed by atoms with Crippen molar-refractivity contribution in [2.45, 2.75) is 64.4 Å². The summed E-state index contributed by atoms with van der Waals surface area (Å²) in [7, 11) is 0. The van der Waals surface area contributed by atoms with E-state index in [-0.39, 0.29) is 60.8 Å². The van der Waals surface area contributed by atoms with Gasteiger partial charge in [-0.25, -0.2) is 4.98 Å². The van der Waals surface area contributed by atoms with E-state index in [1.807, 2.05) is 56.3 Å². The number of aliphatic carboxylic acids is 1. The second-order valence-electron chi connectivity index (χ2n) is 11.0. The van der Waals surface area contributed by atoms with Crippen LogP contribution in [-0.4, -0.2) is 57.8 Å². The number of aromatic nitrogens is 3. The smallest absolute Gasteiger partial charge is 0.321 e. The first-order valence-corrected chi connectivity index (χ1v) is 14.5. The third-order valence-electron chi connectivity index (χ3n) is 7.61. The van der Waals surface area contributed by atoms with E-state index in [4.69, 9.17) is 25.1 Å². The van der Waals surface area contributed by atoms with Gasteiger partial charge < -0.3 is 30.0 Å². The molecule has 222 valence electrons. The number of carbonyl (C=O) groups excluding carboxylic acids is 1. The largest absolute Gasteiger partial charge is 0.481 e. The lowest BCUT2D eigenvalue weighted by molar-refractivity contribution is -0.138. The molecule has 1 aromatic carbocycles. The normalized spacial score (nSPS) is 18.6. The first kappa shape index (κ1) is 29.1. The zero-order chi connectivity index (χ0) is 29.6. The summed E-state index contributed by atoms with van der Waals surface area (Å²) in [4.78, 5) is 39.3. The number of fused-ring (bicyclic) bond motifs is 1. The van der Waals surface area contributed by atoms with Gasteiger partial charge in [0.25, 0.3) is 5.91 Å². The van der Waals surface area contributed by atoms with Gasteiger partial charge in [0.1, 0.15) is 18.0 Å². The number of anilines is 2. The van der Waals surface area contributed by atoms with Crippen molar-refractivity contribution >= 4 is 23.4 Å². The van der Waals surface area contributed by atoms with E-state index in [1.54, 1.807) is 4.90 Å². The van der Waals surface area contributed by atoms with Crippen LogP contribution in [0.4, 0.5) is 11.5 Å². The number of amides is 1. The number of hydrogen-bond acceptors (Lipinski definition) is 9. The molecular weight excluding hydrogens is 538 g/mol. The average molecular weight is 576 g/mol. The topological polar surface area (TPSA) is 150 Å². The number of nitrogen functional groups attached to an aromatic ring is 1.